The summed E-state index contributed by atoms with van der Waals surface area (Å²) in [6.45, 7) is 4.62. The fourth-order valence-electron chi connectivity index (χ4n) is 2.95. The minimum absolute atomic E-state index is 0.0809. The molecule has 0 aliphatic carbocycles. The summed E-state index contributed by atoms with van der Waals surface area (Å²) in [5.74, 6) is -3.82. The van der Waals surface area contributed by atoms with Crippen LogP contribution in [0.4, 0.5) is 13.2 Å². The van der Waals surface area contributed by atoms with Crippen LogP contribution in [0.3, 0.4) is 0 Å². The zero-order chi connectivity index (χ0) is 20.6. The number of carbonyl (C=O) groups is 3. The maximum absolute atomic E-state index is 12.6. The molecular weight excluding hydrogens is 373 g/mol. The Balaban J connectivity index is 0.000000445. The highest BCUT2D eigenvalue weighted by atomic mass is 19.4. The molecule has 2 fully saturated rings. The van der Waals surface area contributed by atoms with Crippen molar-refractivity contribution in [3.63, 3.8) is 0 Å². The molecule has 11 heteroatoms. The van der Waals surface area contributed by atoms with Gasteiger partial charge < -0.3 is 19.8 Å². The van der Waals surface area contributed by atoms with Gasteiger partial charge in [-0.1, -0.05) is 12.8 Å². The van der Waals surface area contributed by atoms with Gasteiger partial charge in [0, 0.05) is 6.54 Å². The molecule has 27 heavy (non-hydrogen) atoms. The Kier molecular flexibility index (Phi) is 8.97. The molecule has 2 atom stereocenters. The lowest BCUT2D eigenvalue weighted by Crippen LogP contribution is -2.57. The van der Waals surface area contributed by atoms with E-state index in [1.807, 2.05) is 6.92 Å². The summed E-state index contributed by atoms with van der Waals surface area (Å²) in [6, 6.07) is -1.08. The van der Waals surface area contributed by atoms with Crippen LogP contribution in [0.15, 0.2) is 0 Å². The van der Waals surface area contributed by atoms with E-state index in [1.165, 1.54) is 17.7 Å². The van der Waals surface area contributed by atoms with Crippen LogP contribution >= 0.6 is 0 Å². The third kappa shape index (κ3) is 7.33. The number of halogens is 3. The molecular formula is C16H25F3N2O6. The van der Waals surface area contributed by atoms with Crippen molar-refractivity contribution < 1.29 is 42.5 Å². The number of hydrogen-bond acceptors (Lipinski definition) is 5. The van der Waals surface area contributed by atoms with E-state index >= 15 is 0 Å². The molecule has 0 aromatic carbocycles. The summed E-state index contributed by atoms with van der Waals surface area (Å²) >= 11 is 0. The predicted octanol–water partition coefficient (Wildman–Crippen LogP) is 1.20. The number of carboxylic acid groups (broad SMARTS) is 2. The average Bonchev–Trinajstić information content (AvgIpc) is 2.89. The topological polar surface area (TPSA) is 107 Å². The van der Waals surface area contributed by atoms with Gasteiger partial charge in [0.15, 0.2) is 6.04 Å². The van der Waals surface area contributed by atoms with Gasteiger partial charge in [-0.15, -0.1) is 0 Å². The van der Waals surface area contributed by atoms with Gasteiger partial charge in [0.05, 0.1) is 19.3 Å². The minimum atomic E-state index is -5.08. The standard InChI is InChI=1S/C14H24N2O4.C2HF3O2/c1-11(15-6-4-2-3-5-7-15)13(17)16-8-9-20-10-12(16)14(18)19;3-2(4,5)1(6)7/h11-12H,2-10H2,1H3,(H,18,19);(H,6,7). The molecule has 156 valence electrons. The Bertz CT molecular complexity index is 521. The Hall–Kier alpha value is -1.88. The first-order chi connectivity index (χ1) is 12.6. The number of ether oxygens (including phenoxy) is 1. The maximum atomic E-state index is 12.6. The number of carboxylic acids is 2. The van der Waals surface area contributed by atoms with Gasteiger partial charge in [-0.05, 0) is 32.9 Å². The number of nitrogens with zero attached hydrogens (tertiary/aromatic N) is 2. The number of alkyl halides is 3. The van der Waals surface area contributed by atoms with E-state index in [0.29, 0.717) is 13.2 Å². The summed E-state index contributed by atoms with van der Waals surface area (Å²) in [5, 5.41) is 16.3. The molecule has 2 aliphatic heterocycles. The van der Waals surface area contributed by atoms with E-state index in [1.54, 1.807) is 0 Å². The Morgan fingerprint density at radius 2 is 1.56 bits per heavy atom. The molecule has 2 unspecified atom stereocenters. The van der Waals surface area contributed by atoms with Gasteiger partial charge in [0.25, 0.3) is 0 Å². The van der Waals surface area contributed by atoms with Crippen LogP contribution in [0.25, 0.3) is 0 Å². The van der Waals surface area contributed by atoms with Crippen LogP contribution in [0.2, 0.25) is 0 Å². The van der Waals surface area contributed by atoms with Crippen molar-refractivity contribution in [2.24, 2.45) is 0 Å². The first-order valence-corrected chi connectivity index (χ1v) is 8.71. The highest BCUT2D eigenvalue weighted by Crippen LogP contribution is 2.16. The maximum Gasteiger partial charge on any atom is 0.490 e. The Morgan fingerprint density at radius 3 is 2.00 bits per heavy atom. The third-order valence-electron chi connectivity index (χ3n) is 4.48. The van der Waals surface area contributed by atoms with Gasteiger partial charge in [0.2, 0.25) is 5.91 Å². The number of aliphatic carboxylic acids is 2. The average molecular weight is 398 g/mol. The first-order valence-electron chi connectivity index (χ1n) is 8.71. The molecule has 0 radical (unpaired) electrons. The summed E-state index contributed by atoms with van der Waals surface area (Å²) in [4.78, 5) is 36.4. The van der Waals surface area contributed by atoms with Gasteiger partial charge in [-0.25, -0.2) is 9.59 Å². The zero-order valence-corrected chi connectivity index (χ0v) is 15.1. The van der Waals surface area contributed by atoms with Gasteiger partial charge in [-0.3, -0.25) is 9.69 Å². The molecule has 0 saturated carbocycles. The van der Waals surface area contributed by atoms with E-state index in [4.69, 9.17) is 14.6 Å². The lowest BCUT2D eigenvalue weighted by Gasteiger charge is -2.37. The van der Waals surface area contributed by atoms with Crippen molar-refractivity contribution >= 4 is 17.8 Å². The van der Waals surface area contributed by atoms with Crippen molar-refractivity contribution in [3.8, 4) is 0 Å². The largest absolute Gasteiger partial charge is 0.490 e. The number of hydrogen-bond donors (Lipinski definition) is 2. The van der Waals surface area contributed by atoms with Crippen molar-refractivity contribution in [2.75, 3.05) is 32.8 Å². The lowest BCUT2D eigenvalue weighted by molar-refractivity contribution is -0.192. The number of morpholine rings is 1. The molecule has 2 saturated heterocycles. The van der Waals surface area contributed by atoms with Crippen molar-refractivity contribution in [1.82, 2.24) is 9.80 Å². The monoisotopic (exact) mass is 398 g/mol. The molecule has 2 aliphatic rings. The van der Waals surface area contributed by atoms with Crippen LogP contribution in [-0.2, 0) is 19.1 Å². The fourth-order valence-corrected chi connectivity index (χ4v) is 2.95. The molecule has 2 heterocycles. The predicted molar refractivity (Wildman–Crippen MR) is 87.1 cm³/mol. The molecule has 1 amide bonds. The van der Waals surface area contributed by atoms with Crippen molar-refractivity contribution in [1.29, 1.82) is 0 Å². The van der Waals surface area contributed by atoms with Gasteiger partial charge >= 0.3 is 18.1 Å². The van der Waals surface area contributed by atoms with Gasteiger partial charge in [-0.2, -0.15) is 13.2 Å². The van der Waals surface area contributed by atoms with E-state index in [-0.39, 0.29) is 18.6 Å². The van der Waals surface area contributed by atoms with Crippen LogP contribution in [0.5, 0.6) is 0 Å². The Labute approximate surface area is 154 Å². The van der Waals surface area contributed by atoms with E-state index < -0.39 is 24.2 Å². The van der Waals surface area contributed by atoms with Crippen LogP contribution in [0.1, 0.15) is 32.6 Å². The minimum Gasteiger partial charge on any atom is -0.480 e. The number of amides is 1. The van der Waals surface area contributed by atoms with E-state index in [2.05, 4.69) is 4.90 Å². The molecule has 0 bridgehead atoms. The second-order valence-electron chi connectivity index (χ2n) is 6.39. The van der Waals surface area contributed by atoms with Crippen molar-refractivity contribution in [3.05, 3.63) is 0 Å². The quantitative estimate of drug-likeness (QED) is 0.735. The second kappa shape index (κ2) is 10.5. The zero-order valence-electron chi connectivity index (χ0n) is 15.1. The highest BCUT2D eigenvalue weighted by Gasteiger charge is 2.38. The summed E-state index contributed by atoms with van der Waals surface area (Å²) in [6.07, 6.45) is -0.425. The van der Waals surface area contributed by atoms with Crippen molar-refractivity contribution in [2.45, 2.75) is 50.9 Å². The summed E-state index contributed by atoms with van der Waals surface area (Å²) in [5.41, 5.74) is 0. The SMILES string of the molecule is CC(C(=O)N1CCOCC1C(=O)O)N1CCCCCC1.O=C(O)C(F)(F)F. The summed E-state index contributed by atoms with van der Waals surface area (Å²) < 4.78 is 36.9. The van der Waals surface area contributed by atoms with Crippen LogP contribution < -0.4 is 0 Å². The first kappa shape index (κ1) is 23.2. The number of carbonyl (C=O) groups excluding carboxylic acids is 1. The van der Waals surface area contributed by atoms with E-state index in [9.17, 15) is 27.9 Å². The molecule has 0 spiro atoms. The molecule has 0 aromatic rings. The lowest BCUT2D eigenvalue weighted by atomic mass is 10.1. The highest BCUT2D eigenvalue weighted by molar-refractivity contribution is 5.87. The third-order valence-corrected chi connectivity index (χ3v) is 4.48. The normalized spacial score (nSPS) is 22.8. The second-order valence-corrected chi connectivity index (χ2v) is 6.39. The fraction of sp³-hybridized carbons (Fsp3) is 0.812. The molecule has 0 aromatic heterocycles. The molecule has 2 N–H and O–H groups in total. The number of likely N-dealkylation sites (tertiary alicyclic amines) is 1. The summed E-state index contributed by atoms with van der Waals surface area (Å²) in [7, 11) is 0. The Morgan fingerprint density at radius 1 is 1.04 bits per heavy atom. The van der Waals surface area contributed by atoms with E-state index in [0.717, 1.165) is 25.9 Å². The van der Waals surface area contributed by atoms with Crippen LogP contribution in [0, 0.1) is 0 Å². The molecule has 8 nitrogen and oxygen atoms in total. The van der Waals surface area contributed by atoms with Gasteiger partial charge in [0.1, 0.15) is 0 Å². The smallest absolute Gasteiger partial charge is 0.480 e. The number of rotatable bonds is 3. The molecule has 2 rings (SSSR count). The van der Waals surface area contributed by atoms with Crippen LogP contribution in [-0.4, -0.2) is 89.0 Å².